The van der Waals surface area contributed by atoms with Crippen LogP contribution in [0.3, 0.4) is 0 Å². The number of carbonyl (C=O) groups is 1. The smallest absolute Gasteiger partial charge is 0.261 e. The molecular weight excluding hydrogens is 422 g/mol. The van der Waals surface area contributed by atoms with Crippen molar-refractivity contribution in [1.29, 1.82) is 0 Å². The number of benzene rings is 2. The Hall–Kier alpha value is -3.33. The molecule has 0 spiro atoms. The highest BCUT2D eigenvalue weighted by Gasteiger charge is 2.20. The van der Waals surface area contributed by atoms with Gasteiger partial charge in [-0.1, -0.05) is 48.5 Å². The zero-order valence-corrected chi connectivity index (χ0v) is 18.3. The van der Waals surface area contributed by atoms with E-state index in [1.165, 1.54) is 11.3 Å². The van der Waals surface area contributed by atoms with Crippen LogP contribution in [0.5, 0.6) is 0 Å². The van der Waals surface area contributed by atoms with Gasteiger partial charge in [0.1, 0.15) is 5.69 Å². The molecule has 0 atom stereocenters. The summed E-state index contributed by atoms with van der Waals surface area (Å²) in [6.07, 6.45) is 1.77. The molecule has 162 valence electrons. The highest BCUT2D eigenvalue weighted by Crippen LogP contribution is 2.25. The second-order valence-corrected chi connectivity index (χ2v) is 8.38. The fourth-order valence-electron chi connectivity index (χ4n) is 3.65. The molecule has 8 heteroatoms. The predicted octanol–water partition coefficient (Wildman–Crippen LogP) is 4.08. The standard InChI is InChI=1S/C24H23N5O2S/c30-23(26-24-25-19(17-32-24)15-28-11-13-31-14-12-28)21-16-29(20-9-5-2-6-10-20)27-22(21)18-7-3-1-4-8-18/h1-10,16-17H,11-15H2,(H,25,26,30). The first-order valence-corrected chi connectivity index (χ1v) is 11.4. The summed E-state index contributed by atoms with van der Waals surface area (Å²) in [5.41, 5.74) is 3.88. The van der Waals surface area contributed by atoms with Crippen molar-refractivity contribution in [3.63, 3.8) is 0 Å². The van der Waals surface area contributed by atoms with Gasteiger partial charge in [0.05, 0.1) is 30.2 Å². The minimum Gasteiger partial charge on any atom is -0.379 e. The molecule has 1 aliphatic heterocycles. The molecule has 4 aromatic rings. The van der Waals surface area contributed by atoms with Crippen LogP contribution in [-0.2, 0) is 11.3 Å². The first-order valence-electron chi connectivity index (χ1n) is 10.5. The minimum absolute atomic E-state index is 0.224. The highest BCUT2D eigenvalue weighted by atomic mass is 32.1. The molecule has 2 aromatic carbocycles. The van der Waals surface area contributed by atoms with Gasteiger partial charge in [0.15, 0.2) is 5.13 Å². The van der Waals surface area contributed by atoms with Gasteiger partial charge in [0.25, 0.3) is 5.91 Å². The van der Waals surface area contributed by atoms with Gasteiger partial charge in [-0.3, -0.25) is 15.0 Å². The molecule has 0 unspecified atom stereocenters. The maximum absolute atomic E-state index is 13.2. The number of hydrogen-bond donors (Lipinski definition) is 1. The lowest BCUT2D eigenvalue weighted by Gasteiger charge is -2.25. The number of para-hydroxylation sites is 1. The van der Waals surface area contributed by atoms with Crippen molar-refractivity contribution in [2.24, 2.45) is 0 Å². The van der Waals surface area contributed by atoms with Crippen molar-refractivity contribution in [1.82, 2.24) is 19.7 Å². The Morgan fingerprint density at radius 1 is 1.03 bits per heavy atom. The normalized spacial score (nSPS) is 14.4. The largest absolute Gasteiger partial charge is 0.379 e. The molecule has 1 fully saturated rings. The summed E-state index contributed by atoms with van der Waals surface area (Å²) in [7, 11) is 0. The zero-order valence-electron chi connectivity index (χ0n) is 17.5. The van der Waals surface area contributed by atoms with Crippen molar-refractivity contribution >= 4 is 22.4 Å². The van der Waals surface area contributed by atoms with Crippen LogP contribution in [0.2, 0.25) is 0 Å². The molecule has 1 saturated heterocycles. The van der Waals surface area contributed by atoms with Crippen molar-refractivity contribution < 1.29 is 9.53 Å². The lowest BCUT2D eigenvalue weighted by Crippen LogP contribution is -2.35. The molecule has 1 aliphatic rings. The average Bonchev–Trinajstić information content (AvgIpc) is 3.48. The first kappa shape index (κ1) is 20.6. The topological polar surface area (TPSA) is 72.3 Å². The summed E-state index contributed by atoms with van der Waals surface area (Å²) < 4.78 is 7.14. The second kappa shape index (κ2) is 9.44. The van der Waals surface area contributed by atoms with E-state index < -0.39 is 0 Å². The number of rotatable bonds is 6. The molecule has 3 heterocycles. The van der Waals surface area contributed by atoms with Crippen molar-refractivity contribution in [3.8, 4) is 16.9 Å². The molecule has 0 aliphatic carbocycles. The molecule has 1 amide bonds. The van der Waals surface area contributed by atoms with Gasteiger partial charge in [-0.2, -0.15) is 5.10 Å². The number of nitrogens with zero attached hydrogens (tertiary/aromatic N) is 4. The maximum Gasteiger partial charge on any atom is 0.261 e. The van der Waals surface area contributed by atoms with E-state index in [4.69, 9.17) is 9.84 Å². The Kier molecular flexibility index (Phi) is 6.06. The zero-order chi connectivity index (χ0) is 21.8. The molecule has 0 radical (unpaired) electrons. The number of hydrogen-bond acceptors (Lipinski definition) is 6. The van der Waals surface area contributed by atoms with Gasteiger partial charge in [-0.05, 0) is 12.1 Å². The van der Waals surface area contributed by atoms with E-state index in [1.54, 1.807) is 10.9 Å². The van der Waals surface area contributed by atoms with Crippen LogP contribution >= 0.6 is 11.3 Å². The van der Waals surface area contributed by atoms with E-state index in [2.05, 4.69) is 15.2 Å². The van der Waals surface area contributed by atoms with E-state index in [1.807, 2.05) is 66.0 Å². The number of carbonyl (C=O) groups excluding carboxylic acids is 1. The Morgan fingerprint density at radius 2 is 1.75 bits per heavy atom. The third kappa shape index (κ3) is 4.62. The quantitative estimate of drug-likeness (QED) is 0.484. The fraction of sp³-hybridized carbons (Fsp3) is 0.208. The number of anilines is 1. The maximum atomic E-state index is 13.2. The van der Waals surface area contributed by atoms with Crippen LogP contribution in [0.15, 0.2) is 72.2 Å². The van der Waals surface area contributed by atoms with Crippen LogP contribution in [0.1, 0.15) is 16.1 Å². The van der Waals surface area contributed by atoms with Crippen LogP contribution in [0.4, 0.5) is 5.13 Å². The fourth-order valence-corrected chi connectivity index (χ4v) is 4.35. The molecule has 0 saturated carbocycles. The van der Waals surface area contributed by atoms with Crippen molar-refractivity contribution in [2.75, 3.05) is 31.6 Å². The molecular formula is C24H23N5O2S. The van der Waals surface area contributed by atoms with E-state index in [0.29, 0.717) is 16.4 Å². The number of amides is 1. The summed E-state index contributed by atoms with van der Waals surface area (Å²) in [6, 6.07) is 19.5. The first-order chi connectivity index (χ1) is 15.8. The van der Waals surface area contributed by atoms with Gasteiger partial charge in [0, 0.05) is 36.8 Å². The van der Waals surface area contributed by atoms with Gasteiger partial charge >= 0.3 is 0 Å². The van der Waals surface area contributed by atoms with Gasteiger partial charge < -0.3 is 4.74 Å². The van der Waals surface area contributed by atoms with Gasteiger partial charge in [0.2, 0.25) is 0 Å². The van der Waals surface area contributed by atoms with Gasteiger partial charge in [-0.25, -0.2) is 9.67 Å². The van der Waals surface area contributed by atoms with Crippen LogP contribution in [0, 0.1) is 0 Å². The van der Waals surface area contributed by atoms with Crippen molar-refractivity contribution in [3.05, 3.63) is 83.5 Å². The lowest BCUT2D eigenvalue weighted by molar-refractivity contribution is 0.0337. The van der Waals surface area contributed by atoms with E-state index in [0.717, 1.165) is 49.8 Å². The number of morpholine rings is 1. The molecule has 1 N–H and O–H groups in total. The summed E-state index contributed by atoms with van der Waals surface area (Å²) in [5.74, 6) is -0.224. The van der Waals surface area contributed by atoms with Crippen LogP contribution in [0.25, 0.3) is 16.9 Å². The molecule has 7 nitrogen and oxygen atoms in total. The number of nitrogens with one attached hydrogen (secondary N) is 1. The second-order valence-electron chi connectivity index (χ2n) is 7.52. The number of ether oxygens (including phenoxy) is 1. The third-order valence-corrected chi connectivity index (χ3v) is 6.09. The Morgan fingerprint density at radius 3 is 2.50 bits per heavy atom. The number of thiazole rings is 1. The predicted molar refractivity (Wildman–Crippen MR) is 125 cm³/mol. The Labute approximate surface area is 190 Å². The molecule has 0 bridgehead atoms. The highest BCUT2D eigenvalue weighted by molar-refractivity contribution is 7.14. The molecule has 2 aromatic heterocycles. The summed E-state index contributed by atoms with van der Waals surface area (Å²) >= 11 is 1.44. The van der Waals surface area contributed by atoms with Gasteiger partial charge in [-0.15, -0.1) is 11.3 Å². The van der Waals surface area contributed by atoms with E-state index in [-0.39, 0.29) is 5.91 Å². The SMILES string of the molecule is O=C(Nc1nc(CN2CCOCC2)cs1)c1cn(-c2ccccc2)nc1-c1ccccc1. The Bertz CT molecular complexity index is 1180. The van der Waals surface area contributed by atoms with Crippen LogP contribution in [-0.4, -0.2) is 51.9 Å². The Balaban J connectivity index is 1.39. The summed E-state index contributed by atoms with van der Waals surface area (Å²) in [6.45, 7) is 4.07. The van der Waals surface area contributed by atoms with Crippen molar-refractivity contribution in [2.45, 2.75) is 6.54 Å². The van der Waals surface area contributed by atoms with Crippen LogP contribution < -0.4 is 5.32 Å². The average molecular weight is 446 g/mol. The lowest BCUT2D eigenvalue weighted by atomic mass is 10.1. The summed E-state index contributed by atoms with van der Waals surface area (Å²) in [5, 5.41) is 10.3. The summed E-state index contributed by atoms with van der Waals surface area (Å²) in [4.78, 5) is 20.1. The molecule has 32 heavy (non-hydrogen) atoms. The number of aromatic nitrogens is 3. The monoisotopic (exact) mass is 445 g/mol. The van der Waals surface area contributed by atoms with E-state index in [9.17, 15) is 4.79 Å². The third-order valence-electron chi connectivity index (χ3n) is 5.29. The van der Waals surface area contributed by atoms with E-state index >= 15 is 0 Å². The molecule has 5 rings (SSSR count). The minimum atomic E-state index is -0.224.